The molecule has 92 valence electrons. The second-order valence-electron chi connectivity index (χ2n) is 3.86. The van der Waals surface area contributed by atoms with Crippen molar-refractivity contribution in [1.82, 2.24) is 5.32 Å². The van der Waals surface area contributed by atoms with Crippen LogP contribution in [-0.4, -0.2) is 19.8 Å². The molecule has 0 aliphatic heterocycles. The lowest BCUT2D eigenvalue weighted by Crippen LogP contribution is -2.32. The van der Waals surface area contributed by atoms with Crippen LogP contribution in [0.4, 0.5) is 4.39 Å². The Kier molecular flexibility index (Phi) is 5.61. The summed E-state index contributed by atoms with van der Waals surface area (Å²) in [4.78, 5) is 0. The van der Waals surface area contributed by atoms with E-state index in [1.807, 2.05) is 13.0 Å². The zero-order chi connectivity index (χ0) is 12.7. The van der Waals surface area contributed by atoms with Gasteiger partial charge in [-0.05, 0) is 18.6 Å². The van der Waals surface area contributed by atoms with Crippen molar-refractivity contribution in [2.24, 2.45) is 0 Å². The molecule has 0 saturated heterocycles. The van der Waals surface area contributed by atoms with E-state index in [-0.39, 0.29) is 11.9 Å². The number of rotatable bonds is 6. The third-order valence-corrected chi connectivity index (χ3v) is 2.62. The van der Waals surface area contributed by atoms with E-state index >= 15 is 0 Å². The molecule has 0 fully saturated rings. The van der Waals surface area contributed by atoms with Gasteiger partial charge in [-0.3, -0.25) is 0 Å². The first-order chi connectivity index (χ1) is 8.21. The molecule has 1 unspecified atom stereocenters. The molecule has 0 aliphatic carbocycles. The molecule has 0 heterocycles. The van der Waals surface area contributed by atoms with Crippen molar-refractivity contribution in [2.45, 2.75) is 25.9 Å². The summed E-state index contributed by atoms with van der Waals surface area (Å²) in [5.74, 6) is -0.344. The Balaban J connectivity index is 2.60. The van der Waals surface area contributed by atoms with E-state index in [9.17, 15) is 4.39 Å². The molecule has 0 aliphatic rings. The number of nitrogens with one attached hydrogen (secondary N) is 1. The van der Waals surface area contributed by atoms with E-state index in [4.69, 9.17) is 10.00 Å². The van der Waals surface area contributed by atoms with Gasteiger partial charge < -0.3 is 10.1 Å². The first kappa shape index (κ1) is 13.6. The molecule has 0 saturated carbocycles. The van der Waals surface area contributed by atoms with Gasteiger partial charge in [0.2, 0.25) is 0 Å². The average Bonchev–Trinajstić information content (AvgIpc) is 2.35. The van der Waals surface area contributed by atoms with Crippen molar-refractivity contribution in [2.75, 3.05) is 13.7 Å². The van der Waals surface area contributed by atoms with Crippen LogP contribution in [0.3, 0.4) is 0 Å². The number of nitriles is 1. The molecule has 4 heteroatoms. The quantitative estimate of drug-likeness (QED) is 0.823. The Labute approximate surface area is 101 Å². The van der Waals surface area contributed by atoms with E-state index in [1.54, 1.807) is 19.2 Å². The second kappa shape index (κ2) is 7.00. The van der Waals surface area contributed by atoms with Gasteiger partial charge in [-0.15, -0.1) is 0 Å². The lowest BCUT2D eigenvalue weighted by molar-refractivity contribution is 0.163. The topological polar surface area (TPSA) is 45.0 Å². The molecule has 3 nitrogen and oxygen atoms in total. The standard InChI is InChI=1S/C13H17FN2O/c1-3-12(9-17-2)16-8-11-5-4-10(7-15)6-13(11)14/h4-6,12,16H,3,8-9H2,1-2H3. The maximum atomic E-state index is 13.6. The molecule has 0 spiro atoms. The van der Waals surface area contributed by atoms with Crippen molar-refractivity contribution in [3.63, 3.8) is 0 Å². The molecule has 1 N–H and O–H groups in total. The SMILES string of the molecule is CCC(COC)NCc1ccc(C#N)cc1F. The number of benzene rings is 1. The third-order valence-electron chi connectivity index (χ3n) is 2.62. The monoisotopic (exact) mass is 236 g/mol. The third kappa shape index (κ3) is 4.14. The second-order valence-corrected chi connectivity index (χ2v) is 3.86. The Morgan fingerprint density at radius 1 is 1.53 bits per heavy atom. The zero-order valence-corrected chi connectivity index (χ0v) is 10.2. The number of hydrogen-bond acceptors (Lipinski definition) is 3. The number of halogens is 1. The predicted octanol–water partition coefficient (Wildman–Crippen LogP) is 2.21. The van der Waals surface area contributed by atoms with Gasteiger partial charge in [0, 0.05) is 25.3 Å². The Morgan fingerprint density at radius 3 is 2.82 bits per heavy atom. The first-order valence-corrected chi connectivity index (χ1v) is 5.62. The van der Waals surface area contributed by atoms with Gasteiger partial charge in [0.05, 0.1) is 18.2 Å². The summed E-state index contributed by atoms with van der Waals surface area (Å²) < 4.78 is 18.6. The number of hydrogen-bond donors (Lipinski definition) is 1. The fourth-order valence-electron chi connectivity index (χ4n) is 1.54. The molecular weight excluding hydrogens is 219 g/mol. The summed E-state index contributed by atoms with van der Waals surface area (Å²) >= 11 is 0. The highest BCUT2D eigenvalue weighted by atomic mass is 19.1. The summed E-state index contributed by atoms with van der Waals surface area (Å²) in [5.41, 5.74) is 0.911. The Hall–Kier alpha value is -1.44. The van der Waals surface area contributed by atoms with Crippen LogP contribution in [0.2, 0.25) is 0 Å². The molecule has 17 heavy (non-hydrogen) atoms. The van der Waals surface area contributed by atoms with Gasteiger partial charge in [0.1, 0.15) is 5.82 Å². The van der Waals surface area contributed by atoms with Gasteiger partial charge in [-0.2, -0.15) is 5.26 Å². The van der Waals surface area contributed by atoms with E-state index < -0.39 is 0 Å². The minimum atomic E-state index is -0.344. The van der Waals surface area contributed by atoms with Gasteiger partial charge in [0.15, 0.2) is 0 Å². The molecule has 1 aromatic carbocycles. The van der Waals surface area contributed by atoms with Crippen molar-refractivity contribution in [3.05, 3.63) is 35.1 Å². The zero-order valence-electron chi connectivity index (χ0n) is 10.2. The summed E-state index contributed by atoms with van der Waals surface area (Å²) in [7, 11) is 1.65. The van der Waals surface area contributed by atoms with Crippen molar-refractivity contribution in [1.29, 1.82) is 5.26 Å². The van der Waals surface area contributed by atoms with Crippen molar-refractivity contribution >= 4 is 0 Å². The van der Waals surface area contributed by atoms with Gasteiger partial charge in [-0.1, -0.05) is 13.0 Å². The highest BCUT2D eigenvalue weighted by Crippen LogP contribution is 2.10. The average molecular weight is 236 g/mol. The molecule has 0 aromatic heterocycles. The predicted molar refractivity (Wildman–Crippen MR) is 63.9 cm³/mol. The molecular formula is C13H17FN2O. The highest BCUT2D eigenvalue weighted by molar-refractivity contribution is 5.32. The molecule has 1 atom stereocenters. The molecule has 1 rings (SSSR count). The van der Waals surface area contributed by atoms with E-state index in [0.717, 1.165) is 6.42 Å². The van der Waals surface area contributed by atoms with Crippen LogP contribution < -0.4 is 5.32 Å². The molecule has 1 aromatic rings. The Morgan fingerprint density at radius 2 is 2.29 bits per heavy atom. The van der Waals surface area contributed by atoms with Crippen LogP contribution in [0.1, 0.15) is 24.5 Å². The lowest BCUT2D eigenvalue weighted by atomic mass is 10.1. The maximum Gasteiger partial charge on any atom is 0.129 e. The minimum Gasteiger partial charge on any atom is -0.383 e. The van der Waals surface area contributed by atoms with E-state index in [1.165, 1.54) is 6.07 Å². The van der Waals surface area contributed by atoms with Gasteiger partial charge >= 0.3 is 0 Å². The van der Waals surface area contributed by atoms with E-state index in [2.05, 4.69) is 5.32 Å². The maximum absolute atomic E-state index is 13.6. The van der Waals surface area contributed by atoms with Crippen molar-refractivity contribution < 1.29 is 9.13 Å². The lowest BCUT2D eigenvalue weighted by Gasteiger charge is -2.16. The largest absolute Gasteiger partial charge is 0.383 e. The fourth-order valence-corrected chi connectivity index (χ4v) is 1.54. The number of nitrogens with zero attached hydrogens (tertiary/aromatic N) is 1. The normalized spacial score (nSPS) is 12.1. The number of ether oxygens (including phenoxy) is 1. The van der Waals surface area contributed by atoms with Crippen LogP contribution in [0.25, 0.3) is 0 Å². The number of methoxy groups -OCH3 is 1. The van der Waals surface area contributed by atoms with E-state index in [0.29, 0.717) is 24.3 Å². The van der Waals surface area contributed by atoms with Crippen LogP contribution in [0.15, 0.2) is 18.2 Å². The fraction of sp³-hybridized carbons (Fsp3) is 0.462. The first-order valence-electron chi connectivity index (χ1n) is 5.62. The molecule has 0 bridgehead atoms. The van der Waals surface area contributed by atoms with Crippen LogP contribution in [0, 0.1) is 17.1 Å². The van der Waals surface area contributed by atoms with Gasteiger partial charge in [-0.25, -0.2) is 4.39 Å². The molecule has 0 amide bonds. The highest BCUT2D eigenvalue weighted by Gasteiger charge is 2.07. The van der Waals surface area contributed by atoms with Crippen LogP contribution >= 0.6 is 0 Å². The summed E-state index contributed by atoms with van der Waals surface area (Å²) in [6.07, 6.45) is 0.922. The summed E-state index contributed by atoms with van der Waals surface area (Å²) in [6, 6.07) is 6.65. The Bertz CT molecular complexity index is 401. The van der Waals surface area contributed by atoms with Crippen LogP contribution in [0.5, 0.6) is 0 Å². The van der Waals surface area contributed by atoms with Gasteiger partial charge in [0.25, 0.3) is 0 Å². The minimum absolute atomic E-state index is 0.218. The molecule has 0 radical (unpaired) electrons. The summed E-state index contributed by atoms with van der Waals surface area (Å²) in [6.45, 7) is 3.10. The van der Waals surface area contributed by atoms with Crippen LogP contribution in [-0.2, 0) is 11.3 Å². The summed E-state index contributed by atoms with van der Waals surface area (Å²) in [5, 5.41) is 11.8. The van der Waals surface area contributed by atoms with Crippen molar-refractivity contribution in [3.8, 4) is 6.07 Å². The smallest absolute Gasteiger partial charge is 0.129 e.